The number of hydrogen-bond acceptors (Lipinski definition) is 6. The van der Waals surface area contributed by atoms with Gasteiger partial charge in [0.15, 0.2) is 6.10 Å². The molecule has 0 aromatic heterocycles. The van der Waals surface area contributed by atoms with E-state index in [-0.39, 0.29) is 31.1 Å². The second-order valence-corrected chi connectivity index (χ2v) is 17.4. The zero-order chi connectivity index (χ0) is 39.9. The first-order chi connectivity index (χ1) is 26.2. The molecule has 54 heavy (non-hydrogen) atoms. The maximum absolute atomic E-state index is 12.7. The molecule has 0 radical (unpaired) electrons. The van der Waals surface area contributed by atoms with Crippen LogP contribution in [-0.2, 0) is 28.6 Å². The van der Waals surface area contributed by atoms with Crippen LogP contribution in [0.5, 0.6) is 0 Å². The van der Waals surface area contributed by atoms with Crippen LogP contribution in [-0.4, -0.2) is 37.2 Å². The number of ether oxygens (including phenoxy) is 3. The van der Waals surface area contributed by atoms with Crippen molar-refractivity contribution in [1.82, 2.24) is 0 Å². The maximum atomic E-state index is 12.7. The quantitative estimate of drug-likeness (QED) is 0.0350. The summed E-state index contributed by atoms with van der Waals surface area (Å²) >= 11 is 0. The molecule has 0 aliphatic carbocycles. The number of esters is 3. The van der Waals surface area contributed by atoms with Crippen molar-refractivity contribution in [3.8, 4) is 0 Å². The summed E-state index contributed by atoms with van der Waals surface area (Å²) in [5.74, 6) is 1.63. The van der Waals surface area contributed by atoms with Crippen LogP contribution >= 0.6 is 0 Å². The van der Waals surface area contributed by atoms with E-state index in [1.54, 1.807) is 0 Å². The van der Waals surface area contributed by atoms with Crippen molar-refractivity contribution in [1.29, 1.82) is 0 Å². The molecule has 6 heteroatoms. The molecule has 0 aliphatic rings. The lowest BCUT2D eigenvalue weighted by atomic mass is 9.99. The molecular weight excluding hydrogens is 673 g/mol. The highest BCUT2D eigenvalue weighted by atomic mass is 16.6. The highest BCUT2D eigenvalue weighted by Crippen LogP contribution is 2.18. The van der Waals surface area contributed by atoms with Gasteiger partial charge in [-0.2, -0.15) is 0 Å². The second-order valence-electron chi connectivity index (χ2n) is 17.4. The number of carbonyl (C=O) groups excluding carboxylic acids is 3. The minimum atomic E-state index is -0.762. The Bertz CT molecular complexity index is 841. The first kappa shape index (κ1) is 52.4. The Hall–Kier alpha value is -1.59. The predicted octanol–water partition coefficient (Wildman–Crippen LogP) is 14.8. The number of unbranched alkanes of at least 4 members (excludes halogenated alkanes) is 22. The van der Waals surface area contributed by atoms with Gasteiger partial charge in [0.2, 0.25) is 0 Å². The van der Waals surface area contributed by atoms with E-state index in [1.807, 2.05) is 0 Å². The van der Waals surface area contributed by atoms with Crippen LogP contribution in [0, 0.1) is 17.8 Å². The average molecular weight is 765 g/mol. The molecule has 0 fully saturated rings. The molecule has 0 spiro atoms. The van der Waals surface area contributed by atoms with Gasteiger partial charge < -0.3 is 14.2 Å². The van der Waals surface area contributed by atoms with Crippen molar-refractivity contribution in [3.63, 3.8) is 0 Å². The number of carbonyl (C=O) groups is 3. The SMILES string of the molecule is CCC(C)CCCCCCCCCCCCC(=O)O[C@@H](COC(=O)CCCCCCCCCCCC(C)C)COC(=O)CCCCCCCCC(C)CC. The highest BCUT2D eigenvalue weighted by molar-refractivity contribution is 5.71. The molecular formula is C48H92O6. The summed E-state index contributed by atoms with van der Waals surface area (Å²) in [5, 5.41) is 0. The lowest BCUT2D eigenvalue weighted by Gasteiger charge is -2.18. The third-order valence-electron chi connectivity index (χ3n) is 11.4. The molecule has 0 bridgehead atoms. The van der Waals surface area contributed by atoms with Crippen molar-refractivity contribution < 1.29 is 28.6 Å². The topological polar surface area (TPSA) is 78.9 Å². The van der Waals surface area contributed by atoms with Crippen LogP contribution in [0.4, 0.5) is 0 Å². The van der Waals surface area contributed by atoms with E-state index in [0.29, 0.717) is 19.3 Å². The van der Waals surface area contributed by atoms with Crippen molar-refractivity contribution >= 4 is 17.9 Å². The Morgan fingerprint density at radius 3 is 0.963 bits per heavy atom. The molecule has 320 valence electrons. The molecule has 0 heterocycles. The van der Waals surface area contributed by atoms with Gasteiger partial charge in [-0.1, -0.05) is 215 Å². The average Bonchev–Trinajstić information content (AvgIpc) is 3.15. The monoisotopic (exact) mass is 765 g/mol. The van der Waals surface area contributed by atoms with Crippen LogP contribution in [0.25, 0.3) is 0 Å². The summed E-state index contributed by atoms with van der Waals surface area (Å²) in [6.07, 6.45) is 36.5. The molecule has 2 unspecified atom stereocenters. The van der Waals surface area contributed by atoms with Gasteiger partial charge in [-0.25, -0.2) is 0 Å². The van der Waals surface area contributed by atoms with Crippen molar-refractivity contribution in [2.45, 2.75) is 260 Å². The van der Waals surface area contributed by atoms with E-state index in [0.717, 1.165) is 75.5 Å². The highest BCUT2D eigenvalue weighted by Gasteiger charge is 2.19. The second kappa shape index (κ2) is 39.6. The molecule has 0 aromatic carbocycles. The molecule has 0 aliphatic heterocycles. The predicted molar refractivity (Wildman–Crippen MR) is 229 cm³/mol. The number of rotatable bonds is 41. The fourth-order valence-electron chi connectivity index (χ4n) is 6.99. The van der Waals surface area contributed by atoms with Gasteiger partial charge in [-0.3, -0.25) is 14.4 Å². The summed E-state index contributed by atoms with van der Waals surface area (Å²) in [6.45, 7) is 13.7. The molecule has 6 nitrogen and oxygen atoms in total. The lowest BCUT2D eigenvalue weighted by molar-refractivity contribution is -0.167. The zero-order valence-corrected chi connectivity index (χ0v) is 37.0. The summed E-state index contributed by atoms with van der Waals surface area (Å²) in [7, 11) is 0. The summed E-state index contributed by atoms with van der Waals surface area (Å²) < 4.78 is 16.7. The first-order valence-corrected chi connectivity index (χ1v) is 23.7. The van der Waals surface area contributed by atoms with Gasteiger partial charge in [0.05, 0.1) is 0 Å². The normalized spacial score (nSPS) is 13.2. The van der Waals surface area contributed by atoms with Crippen LogP contribution in [0.15, 0.2) is 0 Å². The largest absolute Gasteiger partial charge is 0.462 e. The molecule has 0 aromatic rings. The van der Waals surface area contributed by atoms with Crippen molar-refractivity contribution in [3.05, 3.63) is 0 Å². The Morgan fingerprint density at radius 2 is 0.648 bits per heavy atom. The molecule has 0 amide bonds. The number of hydrogen-bond donors (Lipinski definition) is 0. The molecule has 0 saturated heterocycles. The molecule has 0 rings (SSSR count). The zero-order valence-electron chi connectivity index (χ0n) is 37.0. The molecule has 3 atom stereocenters. The van der Waals surface area contributed by atoms with Gasteiger partial charge in [0.1, 0.15) is 13.2 Å². The smallest absolute Gasteiger partial charge is 0.306 e. The van der Waals surface area contributed by atoms with E-state index in [9.17, 15) is 14.4 Å². The summed E-state index contributed by atoms with van der Waals surface area (Å²) in [6, 6.07) is 0. The Kier molecular flexibility index (Phi) is 38.5. The van der Waals surface area contributed by atoms with Crippen LogP contribution in [0.2, 0.25) is 0 Å². The van der Waals surface area contributed by atoms with Crippen LogP contribution in [0.3, 0.4) is 0 Å². The van der Waals surface area contributed by atoms with Crippen LogP contribution in [0.1, 0.15) is 253 Å². The van der Waals surface area contributed by atoms with E-state index >= 15 is 0 Å². The first-order valence-electron chi connectivity index (χ1n) is 23.7. The minimum Gasteiger partial charge on any atom is -0.462 e. The third-order valence-corrected chi connectivity index (χ3v) is 11.4. The summed E-state index contributed by atoms with van der Waals surface area (Å²) in [5.41, 5.74) is 0. The summed E-state index contributed by atoms with van der Waals surface area (Å²) in [4.78, 5) is 37.8. The van der Waals surface area contributed by atoms with Gasteiger partial charge in [-0.05, 0) is 37.0 Å². The van der Waals surface area contributed by atoms with Gasteiger partial charge in [0, 0.05) is 19.3 Å². The van der Waals surface area contributed by atoms with Gasteiger partial charge >= 0.3 is 17.9 Å². The van der Waals surface area contributed by atoms with Gasteiger partial charge in [0.25, 0.3) is 0 Å². The molecule has 0 saturated carbocycles. The van der Waals surface area contributed by atoms with E-state index < -0.39 is 6.10 Å². The fraction of sp³-hybridized carbons (Fsp3) is 0.938. The van der Waals surface area contributed by atoms with E-state index in [1.165, 1.54) is 135 Å². The van der Waals surface area contributed by atoms with Gasteiger partial charge in [-0.15, -0.1) is 0 Å². The minimum absolute atomic E-state index is 0.0665. The maximum Gasteiger partial charge on any atom is 0.306 e. The molecule has 0 N–H and O–H groups in total. The Labute approximate surface area is 336 Å². The van der Waals surface area contributed by atoms with E-state index in [4.69, 9.17) is 14.2 Å². The Morgan fingerprint density at radius 1 is 0.370 bits per heavy atom. The third kappa shape index (κ3) is 38.7. The van der Waals surface area contributed by atoms with E-state index in [2.05, 4.69) is 41.5 Å². The van der Waals surface area contributed by atoms with Crippen molar-refractivity contribution in [2.24, 2.45) is 17.8 Å². The lowest BCUT2D eigenvalue weighted by Crippen LogP contribution is -2.30. The van der Waals surface area contributed by atoms with Crippen molar-refractivity contribution in [2.75, 3.05) is 13.2 Å². The van der Waals surface area contributed by atoms with Crippen LogP contribution < -0.4 is 0 Å². The fourth-order valence-corrected chi connectivity index (χ4v) is 6.99. The Balaban J connectivity index is 4.35. The standard InChI is InChI=1S/C48H92O6/c1-7-43(5)35-29-23-17-13-9-10-14-19-27-33-39-48(51)54-45(41-53-47(50)38-32-26-21-20-24-30-36-44(6)8-2)40-52-46(49)37-31-25-18-15-11-12-16-22-28-34-42(3)4/h42-45H,7-41H2,1-6H3/t43?,44?,45-/m0/s1.